The standard InChI is InChI=1S/C15H13N5O4/c16-9-3-1-8(2-4-9)10-5-11(21)13(14-18-7-19-20(10)14)15(24)17-6-12(22)23/h1-5,7H,6,16H2,(H,17,24)(H,18,19)(H,22,23). The second-order valence-electron chi connectivity index (χ2n) is 5.01. The average Bonchev–Trinajstić information content (AvgIpc) is 3.02. The number of pyridine rings is 1. The number of rotatable bonds is 4. The Bertz CT molecular complexity index is 987. The van der Waals surface area contributed by atoms with Gasteiger partial charge >= 0.3 is 5.97 Å². The molecular formula is C15H13N5O4. The number of carboxylic acids is 1. The fraction of sp³-hybridized carbons (Fsp3) is 0.0667. The summed E-state index contributed by atoms with van der Waals surface area (Å²) in [5.41, 5.74) is 6.77. The number of carbonyl (C=O) groups is 2. The van der Waals surface area contributed by atoms with Crippen LogP contribution in [0.25, 0.3) is 16.9 Å². The first-order chi connectivity index (χ1) is 11.5. The molecule has 2 aromatic heterocycles. The molecule has 2 heterocycles. The highest BCUT2D eigenvalue weighted by Gasteiger charge is 2.20. The van der Waals surface area contributed by atoms with Crippen molar-refractivity contribution in [2.24, 2.45) is 0 Å². The fourth-order valence-electron chi connectivity index (χ4n) is 2.32. The molecule has 0 unspecified atom stereocenters. The van der Waals surface area contributed by atoms with Crippen LogP contribution in [0.5, 0.6) is 0 Å². The van der Waals surface area contributed by atoms with Crippen LogP contribution in [-0.4, -0.2) is 38.1 Å². The number of nitrogens with zero attached hydrogens (tertiary/aromatic N) is 2. The van der Waals surface area contributed by atoms with Gasteiger partial charge in [-0.25, -0.2) is 9.50 Å². The number of hydrogen-bond acceptors (Lipinski definition) is 5. The molecule has 1 aromatic carbocycles. The predicted octanol–water partition coefficient (Wildman–Crippen LogP) is 0.0862. The zero-order valence-electron chi connectivity index (χ0n) is 12.3. The normalized spacial score (nSPS) is 10.7. The first-order valence-electron chi connectivity index (χ1n) is 6.92. The number of aliphatic carboxylic acids is 1. The number of benzene rings is 1. The zero-order chi connectivity index (χ0) is 17.3. The van der Waals surface area contributed by atoms with E-state index in [1.165, 1.54) is 16.9 Å². The molecular weight excluding hydrogens is 314 g/mol. The van der Waals surface area contributed by atoms with Gasteiger partial charge < -0.3 is 16.2 Å². The summed E-state index contributed by atoms with van der Waals surface area (Å²) < 4.78 is 1.47. The third-order valence-electron chi connectivity index (χ3n) is 3.40. The number of H-pyrrole nitrogens is 1. The molecule has 9 heteroatoms. The Morgan fingerprint density at radius 3 is 2.67 bits per heavy atom. The van der Waals surface area contributed by atoms with E-state index in [2.05, 4.69) is 15.4 Å². The predicted molar refractivity (Wildman–Crippen MR) is 85.6 cm³/mol. The second-order valence-corrected chi connectivity index (χ2v) is 5.01. The average molecular weight is 327 g/mol. The number of carboxylic acid groups (broad SMARTS) is 1. The van der Waals surface area contributed by atoms with E-state index in [0.29, 0.717) is 16.9 Å². The van der Waals surface area contributed by atoms with Gasteiger partial charge in [-0.05, 0) is 12.1 Å². The van der Waals surface area contributed by atoms with E-state index < -0.39 is 23.9 Å². The Morgan fingerprint density at radius 2 is 2.00 bits per heavy atom. The number of nitrogen functional groups attached to an aromatic ring is 1. The highest BCUT2D eigenvalue weighted by molar-refractivity contribution is 6.01. The summed E-state index contributed by atoms with van der Waals surface area (Å²) in [6, 6.07) is 8.14. The molecule has 0 atom stereocenters. The van der Waals surface area contributed by atoms with Crippen LogP contribution in [0.2, 0.25) is 0 Å². The Hall–Kier alpha value is -3.62. The van der Waals surface area contributed by atoms with Crippen molar-refractivity contribution in [2.45, 2.75) is 0 Å². The van der Waals surface area contributed by atoms with Gasteiger partial charge in [-0.1, -0.05) is 12.1 Å². The maximum atomic E-state index is 12.4. The highest BCUT2D eigenvalue weighted by atomic mass is 16.4. The van der Waals surface area contributed by atoms with Crippen molar-refractivity contribution in [3.63, 3.8) is 0 Å². The highest BCUT2D eigenvalue weighted by Crippen LogP contribution is 2.20. The Labute approximate surface area is 134 Å². The lowest BCUT2D eigenvalue weighted by Gasteiger charge is -2.08. The molecule has 0 radical (unpaired) electrons. The number of nitrogens with one attached hydrogen (secondary N) is 2. The van der Waals surface area contributed by atoms with Gasteiger partial charge in [-0.3, -0.25) is 19.5 Å². The maximum absolute atomic E-state index is 12.4. The lowest BCUT2D eigenvalue weighted by Crippen LogP contribution is -2.33. The van der Waals surface area contributed by atoms with Gasteiger partial charge in [0.05, 0.1) is 5.69 Å². The van der Waals surface area contributed by atoms with Crippen molar-refractivity contribution >= 4 is 23.2 Å². The number of aromatic amines is 1. The summed E-state index contributed by atoms with van der Waals surface area (Å²) in [6.45, 7) is -0.589. The molecule has 0 bridgehead atoms. The van der Waals surface area contributed by atoms with E-state index in [-0.39, 0.29) is 11.2 Å². The summed E-state index contributed by atoms with van der Waals surface area (Å²) in [5, 5.41) is 13.6. The molecule has 0 aliphatic heterocycles. The van der Waals surface area contributed by atoms with Gasteiger partial charge in [0.1, 0.15) is 18.4 Å². The van der Waals surface area contributed by atoms with Gasteiger partial charge in [-0.15, -0.1) is 0 Å². The number of nitrogens with two attached hydrogens (primary N) is 1. The first-order valence-corrected chi connectivity index (χ1v) is 6.92. The van der Waals surface area contributed by atoms with E-state index in [0.717, 1.165) is 0 Å². The molecule has 0 fully saturated rings. The van der Waals surface area contributed by atoms with Crippen molar-refractivity contribution in [2.75, 3.05) is 12.3 Å². The molecule has 3 aromatic rings. The van der Waals surface area contributed by atoms with Gasteiger partial charge in [0.2, 0.25) is 0 Å². The van der Waals surface area contributed by atoms with Gasteiger partial charge in [0.15, 0.2) is 11.1 Å². The minimum absolute atomic E-state index is 0.109. The number of anilines is 1. The lowest BCUT2D eigenvalue weighted by molar-refractivity contribution is -0.135. The number of hydrogen-bond donors (Lipinski definition) is 4. The molecule has 0 aliphatic rings. The zero-order valence-corrected chi connectivity index (χ0v) is 12.3. The van der Waals surface area contributed by atoms with Crippen LogP contribution < -0.4 is 16.5 Å². The minimum atomic E-state index is -1.21. The molecule has 9 nitrogen and oxygen atoms in total. The number of carbonyl (C=O) groups excluding carboxylic acids is 1. The molecule has 0 saturated carbocycles. The Morgan fingerprint density at radius 1 is 1.29 bits per heavy atom. The van der Waals surface area contributed by atoms with Crippen LogP contribution in [0.15, 0.2) is 41.5 Å². The van der Waals surface area contributed by atoms with E-state index in [4.69, 9.17) is 10.8 Å². The van der Waals surface area contributed by atoms with Crippen molar-refractivity contribution in [1.29, 1.82) is 0 Å². The minimum Gasteiger partial charge on any atom is -0.480 e. The molecule has 0 saturated heterocycles. The number of fused-ring (bicyclic) bond motifs is 1. The lowest BCUT2D eigenvalue weighted by atomic mass is 10.1. The topological polar surface area (TPSA) is 143 Å². The summed E-state index contributed by atoms with van der Waals surface area (Å²) in [6.07, 6.45) is 1.34. The van der Waals surface area contributed by atoms with Crippen molar-refractivity contribution < 1.29 is 14.7 Å². The molecule has 0 spiro atoms. The first kappa shape index (κ1) is 15.3. The molecule has 3 rings (SSSR count). The summed E-state index contributed by atoms with van der Waals surface area (Å²) in [4.78, 5) is 39.1. The maximum Gasteiger partial charge on any atom is 0.322 e. The van der Waals surface area contributed by atoms with Crippen LogP contribution in [0.4, 0.5) is 5.69 Å². The Balaban J connectivity index is 2.13. The number of aromatic nitrogens is 3. The fourth-order valence-corrected chi connectivity index (χ4v) is 2.32. The van der Waals surface area contributed by atoms with Crippen LogP contribution in [0, 0.1) is 0 Å². The summed E-state index contributed by atoms with van der Waals surface area (Å²) in [7, 11) is 0. The van der Waals surface area contributed by atoms with Crippen molar-refractivity contribution in [3.05, 3.63) is 52.4 Å². The second kappa shape index (κ2) is 5.88. The van der Waals surface area contributed by atoms with Crippen LogP contribution in [0.1, 0.15) is 10.4 Å². The van der Waals surface area contributed by atoms with E-state index in [9.17, 15) is 14.4 Å². The van der Waals surface area contributed by atoms with Gasteiger partial charge in [0.25, 0.3) is 5.91 Å². The monoisotopic (exact) mass is 327 g/mol. The third-order valence-corrected chi connectivity index (χ3v) is 3.40. The third kappa shape index (κ3) is 2.70. The Kier molecular flexibility index (Phi) is 3.74. The number of amides is 1. The molecule has 0 aliphatic carbocycles. The summed E-state index contributed by atoms with van der Waals surface area (Å²) >= 11 is 0. The van der Waals surface area contributed by atoms with Gasteiger partial charge in [0, 0.05) is 17.3 Å². The largest absolute Gasteiger partial charge is 0.480 e. The van der Waals surface area contributed by atoms with Crippen molar-refractivity contribution in [3.8, 4) is 11.3 Å². The summed E-state index contributed by atoms with van der Waals surface area (Å²) in [5.74, 6) is -2.00. The molecule has 24 heavy (non-hydrogen) atoms. The smallest absolute Gasteiger partial charge is 0.322 e. The van der Waals surface area contributed by atoms with E-state index in [1.807, 2.05) is 0 Å². The molecule has 1 amide bonds. The van der Waals surface area contributed by atoms with Crippen LogP contribution in [-0.2, 0) is 4.79 Å². The van der Waals surface area contributed by atoms with Gasteiger partial charge in [-0.2, -0.15) is 0 Å². The van der Waals surface area contributed by atoms with E-state index >= 15 is 0 Å². The molecule has 5 N–H and O–H groups in total. The van der Waals surface area contributed by atoms with Crippen LogP contribution in [0.3, 0.4) is 0 Å². The quantitative estimate of drug-likeness (QED) is 0.500. The van der Waals surface area contributed by atoms with Crippen LogP contribution >= 0.6 is 0 Å². The molecule has 122 valence electrons. The van der Waals surface area contributed by atoms with E-state index in [1.54, 1.807) is 24.3 Å². The SMILES string of the molecule is Nc1ccc(-c2cc(=O)c(C(=O)NCC(=O)O)c3nc[nH]n23)cc1. The van der Waals surface area contributed by atoms with Crippen molar-refractivity contribution in [1.82, 2.24) is 19.9 Å².